The van der Waals surface area contributed by atoms with Crippen molar-refractivity contribution >= 4 is 39.5 Å². The first-order valence-corrected chi connectivity index (χ1v) is 9.91. The summed E-state index contributed by atoms with van der Waals surface area (Å²) in [6.45, 7) is 1.72. The van der Waals surface area contributed by atoms with Crippen LogP contribution in [0, 0.1) is 6.92 Å². The van der Waals surface area contributed by atoms with Gasteiger partial charge in [-0.3, -0.25) is 9.59 Å². The highest BCUT2D eigenvalue weighted by atomic mass is 79.9. The third-order valence-electron chi connectivity index (χ3n) is 4.00. The number of carbonyl (C=O) groups is 2. The van der Waals surface area contributed by atoms with Crippen LogP contribution in [0.15, 0.2) is 75.3 Å². The van der Waals surface area contributed by atoms with Crippen molar-refractivity contribution in [1.82, 2.24) is 5.32 Å². The number of rotatable bonds is 6. The number of anilines is 1. The van der Waals surface area contributed by atoms with Gasteiger partial charge in [-0.25, -0.2) is 0 Å². The highest BCUT2D eigenvalue weighted by Gasteiger charge is 2.31. The molecule has 2 aromatic carbocycles. The first kappa shape index (κ1) is 23.1. The van der Waals surface area contributed by atoms with Gasteiger partial charge in [-0.15, -0.1) is 13.2 Å². The molecule has 0 saturated heterocycles. The maximum absolute atomic E-state index is 12.8. The fraction of sp³-hybridized carbons (Fsp3) is 0.0909. The lowest BCUT2D eigenvalue weighted by atomic mass is 10.2. The minimum absolute atomic E-state index is 0.129. The molecule has 0 bridgehead atoms. The molecule has 3 rings (SSSR count). The number of nitrogens with one attached hydrogen (secondary N) is 2. The van der Waals surface area contributed by atoms with Crippen LogP contribution in [0.25, 0.3) is 6.08 Å². The van der Waals surface area contributed by atoms with Gasteiger partial charge in [0.1, 0.15) is 23.0 Å². The summed E-state index contributed by atoms with van der Waals surface area (Å²) in [6, 6.07) is 14.6. The Balaban J connectivity index is 1.81. The van der Waals surface area contributed by atoms with Crippen LogP contribution < -0.4 is 15.4 Å². The molecule has 0 spiro atoms. The van der Waals surface area contributed by atoms with Crippen LogP contribution in [0.1, 0.15) is 21.9 Å². The third-order valence-corrected chi connectivity index (χ3v) is 4.70. The van der Waals surface area contributed by atoms with Crippen LogP contribution in [-0.4, -0.2) is 18.2 Å². The van der Waals surface area contributed by atoms with E-state index in [-0.39, 0.29) is 11.4 Å². The second-order valence-corrected chi connectivity index (χ2v) is 7.32. The molecule has 2 N–H and O–H groups in total. The third kappa shape index (κ3) is 6.48. The number of halogens is 4. The van der Waals surface area contributed by atoms with Crippen molar-refractivity contribution in [3.63, 3.8) is 0 Å². The summed E-state index contributed by atoms with van der Waals surface area (Å²) in [5.41, 5.74) is 0.368. The molecule has 0 saturated carbocycles. The molecule has 0 radical (unpaired) electrons. The minimum Gasteiger partial charge on any atom is -0.462 e. The number of amides is 2. The summed E-state index contributed by atoms with van der Waals surface area (Å²) in [6.07, 6.45) is -3.48. The van der Waals surface area contributed by atoms with E-state index in [0.29, 0.717) is 21.6 Å². The molecule has 0 aliphatic heterocycles. The van der Waals surface area contributed by atoms with Crippen molar-refractivity contribution in [2.24, 2.45) is 0 Å². The van der Waals surface area contributed by atoms with Crippen molar-refractivity contribution in [3.8, 4) is 5.75 Å². The lowest BCUT2D eigenvalue weighted by Gasteiger charge is -2.12. The van der Waals surface area contributed by atoms with Gasteiger partial charge in [0, 0.05) is 16.2 Å². The van der Waals surface area contributed by atoms with E-state index in [0.717, 1.165) is 12.1 Å². The molecule has 10 heteroatoms. The zero-order chi connectivity index (χ0) is 23.3. The van der Waals surface area contributed by atoms with Crippen LogP contribution in [0.5, 0.6) is 5.75 Å². The zero-order valence-corrected chi connectivity index (χ0v) is 18.1. The number of furan rings is 1. The molecular formula is C22H16BrF3N2O4. The van der Waals surface area contributed by atoms with E-state index in [1.807, 2.05) is 0 Å². The SMILES string of the molecule is Cc1ccc(C=C(NC(=O)c2ccccc2Br)C(=O)Nc2ccc(OC(F)(F)F)cc2)o1. The second kappa shape index (κ2) is 9.73. The van der Waals surface area contributed by atoms with Gasteiger partial charge in [0.25, 0.3) is 11.8 Å². The van der Waals surface area contributed by atoms with E-state index in [4.69, 9.17) is 4.42 Å². The second-order valence-electron chi connectivity index (χ2n) is 6.47. The Morgan fingerprint density at radius 1 is 1.03 bits per heavy atom. The van der Waals surface area contributed by atoms with E-state index >= 15 is 0 Å². The van der Waals surface area contributed by atoms with Gasteiger partial charge >= 0.3 is 6.36 Å². The summed E-state index contributed by atoms with van der Waals surface area (Å²) >= 11 is 3.28. The van der Waals surface area contributed by atoms with Crippen LogP contribution in [0.3, 0.4) is 0 Å². The molecule has 6 nitrogen and oxygen atoms in total. The average molecular weight is 509 g/mol. The normalized spacial score (nSPS) is 11.7. The van der Waals surface area contributed by atoms with Gasteiger partial charge in [-0.05, 0) is 71.4 Å². The Morgan fingerprint density at radius 2 is 1.72 bits per heavy atom. The molecule has 1 heterocycles. The molecule has 0 fully saturated rings. The van der Waals surface area contributed by atoms with Crippen LogP contribution >= 0.6 is 15.9 Å². The maximum atomic E-state index is 12.8. The van der Waals surface area contributed by atoms with Gasteiger partial charge in [0.15, 0.2) is 0 Å². The van der Waals surface area contributed by atoms with Crippen LogP contribution in [0.4, 0.5) is 18.9 Å². The standard InChI is InChI=1S/C22H16BrF3N2O4/c1-13-6-9-16(31-13)12-19(28-20(29)17-4-2-3-5-18(17)23)21(30)27-14-7-10-15(11-8-14)32-22(24,25)26/h2-12H,1H3,(H,27,30)(H,28,29). The summed E-state index contributed by atoms with van der Waals surface area (Å²) in [7, 11) is 0. The molecular weight excluding hydrogens is 493 g/mol. The Labute approximate surface area is 189 Å². The predicted octanol–water partition coefficient (Wildman–Crippen LogP) is 5.66. The molecule has 3 aromatic rings. The fourth-order valence-electron chi connectivity index (χ4n) is 2.61. The number of carbonyl (C=O) groups excluding carboxylic acids is 2. The Morgan fingerprint density at radius 3 is 2.31 bits per heavy atom. The molecule has 0 unspecified atom stereocenters. The lowest BCUT2D eigenvalue weighted by Crippen LogP contribution is -2.31. The molecule has 2 amide bonds. The van der Waals surface area contributed by atoms with E-state index in [2.05, 4.69) is 31.3 Å². The predicted molar refractivity (Wildman–Crippen MR) is 115 cm³/mol. The number of aryl methyl sites for hydroxylation is 1. The molecule has 0 aliphatic rings. The van der Waals surface area contributed by atoms with Crippen molar-refractivity contribution in [2.75, 3.05) is 5.32 Å². The monoisotopic (exact) mass is 508 g/mol. The largest absolute Gasteiger partial charge is 0.573 e. The van der Waals surface area contributed by atoms with Gasteiger partial charge in [0.2, 0.25) is 0 Å². The van der Waals surface area contributed by atoms with Crippen molar-refractivity contribution in [2.45, 2.75) is 13.3 Å². The van der Waals surface area contributed by atoms with Gasteiger partial charge in [0.05, 0.1) is 5.56 Å². The topological polar surface area (TPSA) is 80.6 Å². The van der Waals surface area contributed by atoms with Crippen molar-refractivity contribution in [1.29, 1.82) is 0 Å². The van der Waals surface area contributed by atoms with E-state index < -0.39 is 23.9 Å². The molecule has 0 aliphatic carbocycles. The molecule has 0 atom stereocenters. The van der Waals surface area contributed by atoms with E-state index in [1.165, 1.54) is 18.2 Å². The minimum atomic E-state index is -4.82. The number of benzene rings is 2. The molecule has 166 valence electrons. The summed E-state index contributed by atoms with van der Waals surface area (Å²) in [4.78, 5) is 25.5. The fourth-order valence-corrected chi connectivity index (χ4v) is 3.07. The van der Waals surface area contributed by atoms with Crippen molar-refractivity contribution in [3.05, 3.63) is 87.9 Å². The summed E-state index contributed by atoms with van der Waals surface area (Å²) in [5.74, 6) is -0.748. The van der Waals surface area contributed by atoms with Crippen LogP contribution in [-0.2, 0) is 4.79 Å². The smallest absolute Gasteiger partial charge is 0.462 e. The van der Waals surface area contributed by atoms with E-state index in [1.54, 1.807) is 43.3 Å². The number of hydrogen-bond acceptors (Lipinski definition) is 4. The van der Waals surface area contributed by atoms with Crippen LogP contribution in [0.2, 0.25) is 0 Å². The highest BCUT2D eigenvalue weighted by Crippen LogP contribution is 2.24. The number of alkyl halides is 3. The van der Waals surface area contributed by atoms with Gasteiger partial charge < -0.3 is 19.8 Å². The lowest BCUT2D eigenvalue weighted by molar-refractivity contribution is -0.274. The number of hydrogen-bond donors (Lipinski definition) is 2. The quantitative estimate of drug-likeness (QED) is 0.421. The van der Waals surface area contributed by atoms with Gasteiger partial charge in [-0.1, -0.05) is 12.1 Å². The van der Waals surface area contributed by atoms with E-state index in [9.17, 15) is 22.8 Å². The Hall–Kier alpha value is -3.53. The summed E-state index contributed by atoms with van der Waals surface area (Å²) < 4.78 is 46.7. The Bertz CT molecular complexity index is 1150. The summed E-state index contributed by atoms with van der Waals surface area (Å²) in [5, 5.41) is 5.06. The average Bonchev–Trinajstić information content (AvgIpc) is 3.13. The molecule has 1 aromatic heterocycles. The first-order valence-electron chi connectivity index (χ1n) is 9.12. The maximum Gasteiger partial charge on any atom is 0.573 e. The highest BCUT2D eigenvalue weighted by molar-refractivity contribution is 9.10. The Kier molecular flexibility index (Phi) is 7.04. The van der Waals surface area contributed by atoms with Gasteiger partial charge in [-0.2, -0.15) is 0 Å². The first-order chi connectivity index (χ1) is 15.1. The zero-order valence-electron chi connectivity index (χ0n) is 16.5. The number of ether oxygens (including phenoxy) is 1. The molecule has 32 heavy (non-hydrogen) atoms. The van der Waals surface area contributed by atoms with Crippen molar-refractivity contribution < 1.29 is 31.9 Å².